The van der Waals surface area contributed by atoms with Crippen molar-refractivity contribution in [3.05, 3.63) is 24.0 Å². The second-order valence-electron chi connectivity index (χ2n) is 5.43. The fourth-order valence-corrected chi connectivity index (χ4v) is 3.12. The Balaban J connectivity index is 1.68. The SMILES string of the molecule is CN1CCOC2CCN(C(=O)c3cc[nH]c3)CCC21. The fraction of sp³-hybridized carbons (Fsp3) is 0.643. The number of likely N-dealkylation sites (tertiary alicyclic amines) is 1. The van der Waals surface area contributed by atoms with Crippen LogP contribution in [-0.4, -0.2) is 66.1 Å². The Labute approximate surface area is 113 Å². The van der Waals surface area contributed by atoms with Crippen molar-refractivity contribution in [2.24, 2.45) is 0 Å². The number of nitrogens with one attached hydrogen (secondary N) is 1. The second-order valence-corrected chi connectivity index (χ2v) is 5.43. The van der Waals surface area contributed by atoms with Gasteiger partial charge in [0, 0.05) is 38.1 Å². The van der Waals surface area contributed by atoms with Gasteiger partial charge in [-0.15, -0.1) is 0 Å². The van der Waals surface area contributed by atoms with E-state index in [1.54, 1.807) is 12.4 Å². The standard InChI is InChI=1S/C14H21N3O2/c1-16-8-9-19-13-4-7-17(6-3-12(13)16)14(18)11-2-5-15-10-11/h2,5,10,12-13,15H,3-4,6-9H2,1H3. The van der Waals surface area contributed by atoms with Gasteiger partial charge in [-0.05, 0) is 26.0 Å². The Kier molecular flexibility index (Phi) is 3.57. The Bertz CT molecular complexity index is 432. The number of morpholine rings is 1. The fourth-order valence-electron chi connectivity index (χ4n) is 3.12. The molecule has 1 N–H and O–H groups in total. The zero-order valence-electron chi connectivity index (χ0n) is 11.3. The van der Waals surface area contributed by atoms with E-state index in [1.165, 1.54) is 0 Å². The van der Waals surface area contributed by atoms with Crippen molar-refractivity contribution in [3.63, 3.8) is 0 Å². The number of rotatable bonds is 1. The number of carbonyl (C=O) groups is 1. The molecular weight excluding hydrogens is 242 g/mol. The largest absolute Gasteiger partial charge is 0.375 e. The van der Waals surface area contributed by atoms with E-state index in [2.05, 4.69) is 16.9 Å². The zero-order chi connectivity index (χ0) is 13.2. The summed E-state index contributed by atoms with van der Waals surface area (Å²) in [6.45, 7) is 3.41. The predicted molar refractivity (Wildman–Crippen MR) is 72.1 cm³/mol. The van der Waals surface area contributed by atoms with Crippen LogP contribution in [0.25, 0.3) is 0 Å². The summed E-state index contributed by atoms with van der Waals surface area (Å²) in [5.41, 5.74) is 0.749. The summed E-state index contributed by atoms with van der Waals surface area (Å²) in [4.78, 5) is 19.6. The molecule has 2 atom stereocenters. The molecule has 1 aromatic heterocycles. The molecule has 0 aromatic carbocycles. The number of H-pyrrole nitrogens is 1. The molecule has 0 bridgehead atoms. The third-order valence-corrected chi connectivity index (χ3v) is 4.28. The van der Waals surface area contributed by atoms with Gasteiger partial charge in [-0.25, -0.2) is 0 Å². The molecule has 104 valence electrons. The van der Waals surface area contributed by atoms with E-state index in [1.807, 2.05) is 11.0 Å². The highest BCUT2D eigenvalue weighted by atomic mass is 16.5. The van der Waals surface area contributed by atoms with Crippen LogP contribution in [0.1, 0.15) is 23.2 Å². The number of hydrogen-bond donors (Lipinski definition) is 1. The van der Waals surface area contributed by atoms with E-state index < -0.39 is 0 Å². The van der Waals surface area contributed by atoms with Crippen molar-refractivity contribution in [2.75, 3.05) is 33.3 Å². The molecule has 5 heteroatoms. The topological polar surface area (TPSA) is 48.6 Å². The molecular formula is C14H21N3O2. The van der Waals surface area contributed by atoms with Gasteiger partial charge >= 0.3 is 0 Å². The minimum Gasteiger partial charge on any atom is -0.375 e. The van der Waals surface area contributed by atoms with Gasteiger partial charge in [0.05, 0.1) is 18.3 Å². The Morgan fingerprint density at radius 3 is 3.00 bits per heavy atom. The Morgan fingerprint density at radius 2 is 2.21 bits per heavy atom. The number of fused-ring (bicyclic) bond motifs is 1. The molecule has 2 fully saturated rings. The first-order valence-corrected chi connectivity index (χ1v) is 6.99. The van der Waals surface area contributed by atoms with Gasteiger partial charge in [-0.1, -0.05) is 0 Å². The maximum absolute atomic E-state index is 12.4. The molecule has 1 amide bonds. The Morgan fingerprint density at radius 1 is 1.37 bits per heavy atom. The van der Waals surface area contributed by atoms with E-state index in [-0.39, 0.29) is 12.0 Å². The van der Waals surface area contributed by atoms with Gasteiger partial charge in [0.1, 0.15) is 0 Å². The average Bonchev–Trinajstić information content (AvgIpc) is 2.85. The monoisotopic (exact) mass is 263 g/mol. The molecule has 2 aliphatic rings. The molecule has 19 heavy (non-hydrogen) atoms. The maximum atomic E-state index is 12.4. The summed E-state index contributed by atoms with van der Waals surface area (Å²) in [6, 6.07) is 2.29. The molecule has 0 spiro atoms. The highest BCUT2D eigenvalue weighted by molar-refractivity contribution is 5.94. The quantitative estimate of drug-likeness (QED) is 0.820. The lowest BCUT2D eigenvalue weighted by atomic mass is 10.0. The maximum Gasteiger partial charge on any atom is 0.255 e. The van der Waals surface area contributed by atoms with E-state index >= 15 is 0 Å². The van der Waals surface area contributed by atoms with Crippen LogP contribution < -0.4 is 0 Å². The molecule has 5 nitrogen and oxygen atoms in total. The lowest BCUT2D eigenvalue weighted by molar-refractivity contribution is -0.0617. The Hall–Kier alpha value is -1.33. The molecule has 2 unspecified atom stereocenters. The van der Waals surface area contributed by atoms with Crippen LogP contribution in [0.5, 0.6) is 0 Å². The van der Waals surface area contributed by atoms with Crippen LogP contribution in [-0.2, 0) is 4.74 Å². The summed E-state index contributed by atoms with van der Waals surface area (Å²) in [5.74, 6) is 0.127. The van der Waals surface area contributed by atoms with E-state index in [0.717, 1.165) is 44.6 Å². The van der Waals surface area contributed by atoms with Gasteiger partial charge in [0.25, 0.3) is 5.91 Å². The van der Waals surface area contributed by atoms with Gasteiger partial charge in [0.2, 0.25) is 0 Å². The first-order valence-electron chi connectivity index (χ1n) is 6.99. The summed E-state index contributed by atoms with van der Waals surface area (Å²) < 4.78 is 5.87. The first-order chi connectivity index (χ1) is 9.25. The van der Waals surface area contributed by atoms with Crippen LogP contribution in [0.15, 0.2) is 18.5 Å². The number of hydrogen-bond acceptors (Lipinski definition) is 3. The minimum absolute atomic E-state index is 0.127. The average molecular weight is 263 g/mol. The highest BCUT2D eigenvalue weighted by Gasteiger charge is 2.34. The molecule has 1 aromatic rings. The van der Waals surface area contributed by atoms with Crippen LogP contribution in [0, 0.1) is 0 Å². The number of ether oxygens (including phenoxy) is 1. The van der Waals surface area contributed by atoms with E-state index in [0.29, 0.717) is 6.04 Å². The third-order valence-electron chi connectivity index (χ3n) is 4.28. The number of likely N-dealkylation sites (N-methyl/N-ethyl adjacent to an activating group) is 1. The van der Waals surface area contributed by atoms with E-state index in [4.69, 9.17) is 4.74 Å². The van der Waals surface area contributed by atoms with Gasteiger partial charge in [-0.2, -0.15) is 0 Å². The number of amides is 1. The smallest absolute Gasteiger partial charge is 0.255 e. The van der Waals surface area contributed by atoms with Crippen LogP contribution in [0.2, 0.25) is 0 Å². The van der Waals surface area contributed by atoms with Gasteiger partial charge in [-0.3, -0.25) is 9.69 Å². The molecule has 0 saturated carbocycles. The van der Waals surface area contributed by atoms with Gasteiger partial charge in [0.15, 0.2) is 0 Å². The summed E-state index contributed by atoms with van der Waals surface area (Å²) in [7, 11) is 2.16. The molecule has 2 saturated heterocycles. The normalized spacial score (nSPS) is 28.8. The lowest BCUT2D eigenvalue weighted by Crippen LogP contribution is -2.49. The molecule has 3 rings (SSSR count). The molecule has 0 aliphatic carbocycles. The number of aromatic amines is 1. The van der Waals surface area contributed by atoms with Crippen LogP contribution in [0.3, 0.4) is 0 Å². The lowest BCUT2D eigenvalue weighted by Gasteiger charge is -2.37. The van der Waals surface area contributed by atoms with Crippen LogP contribution >= 0.6 is 0 Å². The number of carbonyl (C=O) groups excluding carboxylic acids is 1. The minimum atomic E-state index is 0.127. The highest BCUT2D eigenvalue weighted by Crippen LogP contribution is 2.23. The van der Waals surface area contributed by atoms with Crippen molar-refractivity contribution < 1.29 is 9.53 Å². The second kappa shape index (κ2) is 5.35. The summed E-state index contributed by atoms with van der Waals surface area (Å²) in [5, 5.41) is 0. The van der Waals surface area contributed by atoms with Crippen molar-refractivity contribution in [2.45, 2.75) is 25.0 Å². The summed E-state index contributed by atoms with van der Waals surface area (Å²) >= 11 is 0. The molecule has 2 aliphatic heterocycles. The van der Waals surface area contributed by atoms with E-state index in [9.17, 15) is 4.79 Å². The van der Waals surface area contributed by atoms with Crippen molar-refractivity contribution in [3.8, 4) is 0 Å². The molecule has 3 heterocycles. The van der Waals surface area contributed by atoms with Crippen molar-refractivity contribution in [1.82, 2.24) is 14.8 Å². The molecule has 0 radical (unpaired) electrons. The third kappa shape index (κ3) is 2.53. The van der Waals surface area contributed by atoms with Crippen LogP contribution in [0.4, 0.5) is 0 Å². The van der Waals surface area contributed by atoms with Crippen molar-refractivity contribution >= 4 is 5.91 Å². The predicted octanol–water partition coefficient (Wildman–Crippen LogP) is 0.950. The zero-order valence-corrected chi connectivity index (χ0v) is 11.3. The first kappa shape index (κ1) is 12.7. The number of aromatic nitrogens is 1. The summed E-state index contributed by atoms with van der Waals surface area (Å²) in [6.07, 6.45) is 5.77. The van der Waals surface area contributed by atoms with Crippen molar-refractivity contribution in [1.29, 1.82) is 0 Å². The van der Waals surface area contributed by atoms with Gasteiger partial charge < -0.3 is 14.6 Å². The number of nitrogens with zero attached hydrogens (tertiary/aromatic N) is 2.